The van der Waals surface area contributed by atoms with E-state index in [2.05, 4.69) is 23.8 Å². The summed E-state index contributed by atoms with van der Waals surface area (Å²) in [5.74, 6) is 1.04. The van der Waals surface area contributed by atoms with Crippen molar-refractivity contribution in [3.63, 3.8) is 0 Å². The topological polar surface area (TPSA) is 32.8 Å². The summed E-state index contributed by atoms with van der Waals surface area (Å²) in [7, 11) is 2.12. The lowest BCUT2D eigenvalue weighted by atomic mass is 10.1. The van der Waals surface area contributed by atoms with Gasteiger partial charge in [-0.2, -0.15) is 0 Å². The van der Waals surface area contributed by atoms with E-state index in [9.17, 15) is 4.79 Å². The average Bonchev–Trinajstić information content (AvgIpc) is 2.50. The molecule has 0 unspecified atom stereocenters. The molecule has 0 N–H and O–H groups in total. The first-order chi connectivity index (χ1) is 10.2. The zero-order chi connectivity index (χ0) is 15.1. The Morgan fingerprint density at radius 3 is 2.43 bits per heavy atom. The second-order valence-electron chi connectivity index (χ2n) is 5.73. The Morgan fingerprint density at radius 1 is 1.14 bits per heavy atom. The highest BCUT2D eigenvalue weighted by Gasteiger charge is 2.17. The highest BCUT2D eigenvalue weighted by atomic mass is 16.5. The summed E-state index contributed by atoms with van der Waals surface area (Å²) in [5.41, 5.74) is 0.775. The molecule has 0 spiro atoms. The molecule has 0 aliphatic carbocycles. The molecule has 0 aromatic heterocycles. The lowest BCUT2D eigenvalue weighted by molar-refractivity contribution is 0.0876. The maximum atomic E-state index is 12.3. The van der Waals surface area contributed by atoms with Crippen LogP contribution in [0.3, 0.4) is 0 Å². The predicted molar refractivity (Wildman–Crippen MR) is 85.1 cm³/mol. The van der Waals surface area contributed by atoms with Crippen LogP contribution < -0.4 is 4.74 Å². The van der Waals surface area contributed by atoms with Crippen molar-refractivity contribution in [1.29, 1.82) is 0 Å². The lowest BCUT2D eigenvalue weighted by Crippen LogP contribution is -2.46. The molecule has 4 heteroatoms. The number of hydrogen-bond acceptors (Lipinski definition) is 4. The van der Waals surface area contributed by atoms with Crippen molar-refractivity contribution < 1.29 is 9.53 Å². The Hall–Kier alpha value is -1.39. The van der Waals surface area contributed by atoms with E-state index in [0.29, 0.717) is 6.54 Å². The van der Waals surface area contributed by atoms with E-state index in [-0.39, 0.29) is 5.78 Å². The molecule has 1 aromatic carbocycles. The minimum absolute atomic E-state index is 0.194. The van der Waals surface area contributed by atoms with Crippen molar-refractivity contribution in [2.45, 2.75) is 19.8 Å². The predicted octanol–water partition coefficient (Wildman–Crippen LogP) is 2.30. The van der Waals surface area contributed by atoms with Crippen LogP contribution in [0.5, 0.6) is 5.75 Å². The van der Waals surface area contributed by atoms with Gasteiger partial charge in [0.25, 0.3) is 0 Å². The molecule has 1 aliphatic heterocycles. The number of ketones is 1. The molecule has 0 radical (unpaired) electrons. The van der Waals surface area contributed by atoms with E-state index in [1.807, 2.05) is 24.3 Å². The number of ether oxygens (including phenoxy) is 1. The van der Waals surface area contributed by atoms with E-state index >= 15 is 0 Å². The van der Waals surface area contributed by atoms with Gasteiger partial charge in [-0.05, 0) is 37.7 Å². The number of nitrogens with zero attached hydrogens (tertiary/aromatic N) is 2. The first-order valence-corrected chi connectivity index (χ1v) is 7.86. The number of rotatable bonds is 7. The number of carbonyl (C=O) groups is 1. The second-order valence-corrected chi connectivity index (χ2v) is 5.73. The molecule has 1 aromatic rings. The number of unbranched alkanes of at least 4 members (excludes halogenated alkanes) is 1. The zero-order valence-electron chi connectivity index (χ0n) is 13.2. The summed E-state index contributed by atoms with van der Waals surface area (Å²) >= 11 is 0. The van der Waals surface area contributed by atoms with E-state index in [1.165, 1.54) is 0 Å². The van der Waals surface area contributed by atoms with Gasteiger partial charge in [-0.25, -0.2) is 0 Å². The van der Waals surface area contributed by atoms with Crippen LogP contribution in [0, 0.1) is 0 Å². The van der Waals surface area contributed by atoms with Crippen LogP contribution in [0.25, 0.3) is 0 Å². The Bertz CT molecular complexity index is 437. The Kier molecular flexibility index (Phi) is 6.21. The quantitative estimate of drug-likeness (QED) is 0.570. The van der Waals surface area contributed by atoms with Crippen molar-refractivity contribution in [1.82, 2.24) is 9.80 Å². The van der Waals surface area contributed by atoms with Crippen LogP contribution in [0.4, 0.5) is 0 Å². The Labute approximate surface area is 127 Å². The van der Waals surface area contributed by atoms with Crippen LogP contribution >= 0.6 is 0 Å². The van der Waals surface area contributed by atoms with Gasteiger partial charge < -0.3 is 9.64 Å². The Balaban J connectivity index is 1.82. The second kappa shape index (κ2) is 8.15. The minimum atomic E-state index is 0.194. The number of Topliss-reactive ketones (excluding diaryl/α,β-unsaturated/α-hetero) is 1. The summed E-state index contributed by atoms with van der Waals surface area (Å²) in [5, 5.41) is 0. The zero-order valence-corrected chi connectivity index (χ0v) is 13.2. The van der Waals surface area contributed by atoms with Gasteiger partial charge in [-0.1, -0.05) is 13.3 Å². The van der Waals surface area contributed by atoms with E-state index in [0.717, 1.165) is 56.9 Å². The third-order valence-corrected chi connectivity index (χ3v) is 3.91. The molecule has 2 rings (SSSR count). The molecule has 21 heavy (non-hydrogen) atoms. The van der Waals surface area contributed by atoms with Crippen molar-refractivity contribution in [2.75, 3.05) is 46.4 Å². The summed E-state index contributed by atoms with van der Waals surface area (Å²) < 4.78 is 5.62. The van der Waals surface area contributed by atoms with Gasteiger partial charge in [0.2, 0.25) is 0 Å². The van der Waals surface area contributed by atoms with Crippen molar-refractivity contribution >= 4 is 5.78 Å². The number of hydrogen-bond donors (Lipinski definition) is 0. The summed E-state index contributed by atoms with van der Waals surface area (Å²) in [6.07, 6.45) is 2.19. The average molecular weight is 290 g/mol. The van der Waals surface area contributed by atoms with Crippen LogP contribution in [-0.4, -0.2) is 62.0 Å². The Morgan fingerprint density at radius 2 is 1.81 bits per heavy atom. The third kappa shape index (κ3) is 5.14. The van der Waals surface area contributed by atoms with Crippen molar-refractivity contribution in [2.24, 2.45) is 0 Å². The molecule has 1 aliphatic rings. The van der Waals surface area contributed by atoms with E-state index in [1.54, 1.807) is 0 Å². The van der Waals surface area contributed by atoms with Crippen LogP contribution in [0.15, 0.2) is 24.3 Å². The first-order valence-electron chi connectivity index (χ1n) is 7.86. The third-order valence-electron chi connectivity index (χ3n) is 3.91. The molecule has 0 atom stereocenters. The molecule has 116 valence electrons. The van der Waals surface area contributed by atoms with Gasteiger partial charge in [0.1, 0.15) is 5.75 Å². The summed E-state index contributed by atoms with van der Waals surface area (Å²) in [6.45, 7) is 7.42. The fourth-order valence-electron chi connectivity index (χ4n) is 2.37. The largest absolute Gasteiger partial charge is 0.494 e. The van der Waals surface area contributed by atoms with Crippen molar-refractivity contribution in [3.05, 3.63) is 29.8 Å². The SMILES string of the molecule is CCCCOc1ccc(C(=O)CN2CCN(C)CC2)cc1. The minimum Gasteiger partial charge on any atom is -0.494 e. The van der Waals surface area contributed by atoms with E-state index in [4.69, 9.17) is 4.74 Å². The number of likely N-dealkylation sites (N-methyl/N-ethyl adjacent to an activating group) is 1. The fraction of sp³-hybridized carbons (Fsp3) is 0.588. The molecule has 1 heterocycles. The highest BCUT2D eigenvalue weighted by Crippen LogP contribution is 2.14. The maximum absolute atomic E-state index is 12.3. The molecule has 4 nitrogen and oxygen atoms in total. The van der Waals surface area contributed by atoms with Gasteiger partial charge in [0.15, 0.2) is 5.78 Å². The van der Waals surface area contributed by atoms with Gasteiger partial charge in [-0.3, -0.25) is 9.69 Å². The van der Waals surface area contributed by atoms with Gasteiger partial charge in [0, 0.05) is 31.7 Å². The van der Waals surface area contributed by atoms with Gasteiger partial charge in [0.05, 0.1) is 13.2 Å². The molecule has 1 fully saturated rings. The fourth-order valence-corrected chi connectivity index (χ4v) is 2.37. The van der Waals surface area contributed by atoms with Crippen molar-refractivity contribution in [3.8, 4) is 5.75 Å². The molecular formula is C17H26N2O2. The summed E-state index contributed by atoms with van der Waals surface area (Å²) in [4.78, 5) is 16.8. The number of carbonyl (C=O) groups excluding carboxylic acids is 1. The maximum Gasteiger partial charge on any atom is 0.176 e. The lowest BCUT2D eigenvalue weighted by Gasteiger charge is -2.31. The number of benzene rings is 1. The molecular weight excluding hydrogens is 264 g/mol. The smallest absolute Gasteiger partial charge is 0.176 e. The first kappa shape index (κ1) is 16.0. The van der Waals surface area contributed by atoms with Crippen LogP contribution in [0.2, 0.25) is 0 Å². The molecule has 0 bridgehead atoms. The summed E-state index contributed by atoms with van der Waals surface area (Å²) in [6, 6.07) is 7.54. The standard InChI is InChI=1S/C17H26N2O2/c1-3-4-13-21-16-7-5-15(6-8-16)17(20)14-19-11-9-18(2)10-12-19/h5-8H,3-4,9-14H2,1-2H3. The highest BCUT2D eigenvalue weighted by molar-refractivity contribution is 5.97. The monoisotopic (exact) mass is 290 g/mol. The van der Waals surface area contributed by atoms with Crippen LogP contribution in [-0.2, 0) is 0 Å². The molecule has 0 amide bonds. The normalized spacial score (nSPS) is 16.9. The van der Waals surface area contributed by atoms with Gasteiger partial charge in [-0.15, -0.1) is 0 Å². The van der Waals surface area contributed by atoms with Crippen LogP contribution in [0.1, 0.15) is 30.1 Å². The number of piperazine rings is 1. The molecule has 1 saturated heterocycles. The van der Waals surface area contributed by atoms with Gasteiger partial charge >= 0.3 is 0 Å². The van der Waals surface area contributed by atoms with E-state index < -0.39 is 0 Å². The molecule has 0 saturated carbocycles.